The topological polar surface area (TPSA) is 98.0 Å². The average molecular weight is 274 g/mol. The van der Waals surface area contributed by atoms with Crippen molar-refractivity contribution >= 4 is 5.97 Å². The Morgan fingerprint density at radius 2 is 1.40 bits per heavy atom. The first-order valence-corrected chi connectivity index (χ1v) is 6.03. The van der Waals surface area contributed by atoms with Gasteiger partial charge in [-0.05, 0) is 42.2 Å². The van der Waals surface area contributed by atoms with Crippen LogP contribution in [-0.4, -0.2) is 26.4 Å². The van der Waals surface area contributed by atoms with Crippen molar-refractivity contribution in [2.75, 3.05) is 0 Å². The number of hydrogen-bond acceptors (Lipinski definition) is 4. The van der Waals surface area contributed by atoms with Crippen molar-refractivity contribution in [3.63, 3.8) is 0 Å². The van der Waals surface area contributed by atoms with Gasteiger partial charge in [0.1, 0.15) is 17.2 Å². The summed E-state index contributed by atoms with van der Waals surface area (Å²) in [5.74, 6) is -1.26. The zero-order chi connectivity index (χ0) is 14.7. The van der Waals surface area contributed by atoms with Crippen molar-refractivity contribution in [1.82, 2.24) is 0 Å². The summed E-state index contributed by atoms with van der Waals surface area (Å²) < 4.78 is 0. The van der Waals surface area contributed by atoms with Crippen LogP contribution in [-0.2, 0) is 12.8 Å². The van der Waals surface area contributed by atoms with Crippen molar-refractivity contribution in [2.24, 2.45) is 0 Å². The molecule has 0 radical (unpaired) electrons. The van der Waals surface area contributed by atoms with E-state index in [1.807, 2.05) is 0 Å². The van der Waals surface area contributed by atoms with Crippen molar-refractivity contribution in [3.05, 3.63) is 53.1 Å². The molecule has 2 rings (SSSR count). The van der Waals surface area contributed by atoms with Gasteiger partial charge in [-0.3, -0.25) is 0 Å². The summed E-state index contributed by atoms with van der Waals surface area (Å²) in [7, 11) is 0. The van der Waals surface area contributed by atoms with E-state index in [-0.39, 0.29) is 22.8 Å². The maximum Gasteiger partial charge on any atom is 0.336 e. The van der Waals surface area contributed by atoms with Crippen LogP contribution in [0.1, 0.15) is 21.5 Å². The fourth-order valence-corrected chi connectivity index (χ4v) is 2.01. The minimum Gasteiger partial charge on any atom is -0.508 e. The molecule has 0 saturated heterocycles. The van der Waals surface area contributed by atoms with Crippen molar-refractivity contribution in [2.45, 2.75) is 12.8 Å². The molecular formula is C15H14O5. The molecule has 20 heavy (non-hydrogen) atoms. The van der Waals surface area contributed by atoms with E-state index in [1.165, 1.54) is 24.3 Å². The second-order valence-electron chi connectivity index (χ2n) is 4.46. The minimum absolute atomic E-state index is 0.0258. The summed E-state index contributed by atoms with van der Waals surface area (Å²) in [6.07, 6.45) is 0.831. The van der Waals surface area contributed by atoms with Crippen molar-refractivity contribution < 1.29 is 25.2 Å². The van der Waals surface area contributed by atoms with Crippen LogP contribution in [0.2, 0.25) is 0 Å². The van der Waals surface area contributed by atoms with Crippen LogP contribution < -0.4 is 0 Å². The SMILES string of the molecule is O=C(O)c1cc(O)ccc1CCc1ccc(O)cc1O. The van der Waals surface area contributed by atoms with Crippen LogP contribution in [0.4, 0.5) is 0 Å². The zero-order valence-corrected chi connectivity index (χ0v) is 10.6. The fourth-order valence-electron chi connectivity index (χ4n) is 2.01. The summed E-state index contributed by atoms with van der Waals surface area (Å²) >= 11 is 0. The molecule has 5 heteroatoms. The number of phenols is 3. The Hall–Kier alpha value is -2.69. The van der Waals surface area contributed by atoms with Crippen molar-refractivity contribution in [3.8, 4) is 17.2 Å². The van der Waals surface area contributed by atoms with Gasteiger partial charge in [0.05, 0.1) is 5.56 Å². The standard InChI is InChI=1S/C15H14O5/c16-11-5-3-9(13(7-11)15(19)20)1-2-10-4-6-12(17)8-14(10)18/h3-8,16-18H,1-2H2,(H,19,20). The number of hydrogen-bond donors (Lipinski definition) is 4. The number of carboxylic acids is 1. The summed E-state index contributed by atoms with van der Waals surface area (Å²) in [5.41, 5.74) is 1.23. The van der Waals surface area contributed by atoms with E-state index < -0.39 is 5.97 Å². The van der Waals surface area contributed by atoms with Gasteiger partial charge < -0.3 is 20.4 Å². The number of carboxylic acid groups (broad SMARTS) is 1. The van der Waals surface area contributed by atoms with Crippen LogP contribution in [0.3, 0.4) is 0 Å². The molecule has 0 heterocycles. The minimum atomic E-state index is -1.11. The number of aryl methyl sites for hydroxylation is 2. The first-order chi connectivity index (χ1) is 9.47. The summed E-state index contributed by atoms with van der Waals surface area (Å²) in [5, 5.41) is 37.3. The first kappa shape index (κ1) is 13.7. The number of rotatable bonds is 4. The van der Waals surface area contributed by atoms with E-state index >= 15 is 0 Å². The second-order valence-corrected chi connectivity index (χ2v) is 4.46. The largest absolute Gasteiger partial charge is 0.508 e. The monoisotopic (exact) mass is 274 g/mol. The molecule has 0 aliphatic carbocycles. The van der Waals surface area contributed by atoms with E-state index in [9.17, 15) is 20.1 Å². The Labute approximate surface area is 115 Å². The Kier molecular flexibility index (Phi) is 3.79. The van der Waals surface area contributed by atoms with Crippen LogP contribution >= 0.6 is 0 Å². The Morgan fingerprint density at radius 1 is 0.850 bits per heavy atom. The quantitative estimate of drug-likeness (QED) is 0.685. The van der Waals surface area contributed by atoms with E-state index in [0.717, 1.165) is 0 Å². The van der Waals surface area contributed by atoms with Gasteiger partial charge in [-0.15, -0.1) is 0 Å². The van der Waals surface area contributed by atoms with Gasteiger partial charge in [0.25, 0.3) is 0 Å². The van der Waals surface area contributed by atoms with Gasteiger partial charge >= 0.3 is 5.97 Å². The molecule has 0 unspecified atom stereocenters. The first-order valence-electron chi connectivity index (χ1n) is 6.03. The van der Waals surface area contributed by atoms with Gasteiger partial charge in [0, 0.05) is 6.07 Å². The zero-order valence-electron chi connectivity index (χ0n) is 10.6. The smallest absolute Gasteiger partial charge is 0.336 e. The molecule has 5 nitrogen and oxygen atoms in total. The van der Waals surface area contributed by atoms with E-state index in [2.05, 4.69) is 0 Å². The van der Waals surface area contributed by atoms with E-state index in [4.69, 9.17) is 5.11 Å². The molecule has 0 aliphatic heterocycles. The van der Waals surface area contributed by atoms with Crippen LogP contribution in [0.15, 0.2) is 36.4 Å². The van der Waals surface area contributed by atoms with Crippen LogP contribution in [0, 0.1) is 0 Å². The number of phenolic OH excluding ortho intramolecular Hbond substituents is 3. The predicted molar refractivity (Wildman–Crippen MR) is 72.2 cm³/mol. The predicted octanol–water partition coefficient (Wildman–Crippen LogP) is 2.29. The molecule has 0 atom stereocenters. The summed E-state index contributed by atoms with van der Waals surface area (Å²) in [6.45, 7) is 0. The lowest BCUT2D eigenvalue weighted by molar-refractivity contribution is 0.0695. The molecule has 0 aromatic heterocycles. The summed E-state index contributed by atoms with van der Waals surface area (Å²) in [6, 6.07) is 8.48. The number of carbonyl (C=O) groups is 1. The summed E-state index contributed by atoms with van der Waals surface area (Å²) in [4.78, 5) is 11.1. The molecule has 0 spiro atoms. The third-order valence-electron chi connectivity index (χ3n) is 3.06. The van der Waals surface area contributed by atoms with Gasteiger partial charge in [-0.1, -0.05) is 12.1 Å². The Balaban J connectivity index is 2.20. The van der Waals surface area contributed by atoms with Crippen molar-refractivity contribution in [1.29, 1.82) is 0 Å². The molecule has 0 bridgehead atoms. The molecule has 104 valence electrons. The third-order valence-corrected chi connectivity index (χ3v) is 3.06. The number of aromatic carboxylic acids is 1. The van der Waals surface area contributed by atoms with E-state index in [0.29, 0.717) is 24.0 Å². The molecule has 0 fully saturated rings. The molecule has 2 aromatic rings. The van der Waals surface area contributed by atoms with Gasteiger partial charge in [-0.2, -0.15) is 0 Å². The number of benzene rings is 2. The molecule has 0 saturated carbocycles. The lowest BCUT2D eigenvalue weighted by Crippen LogP contribution is -2.03. The highest BCUT2D eigenvalue weighted by Gasteiger charge is 2.12. The maximum atomic E-state index is 11.1. The third kappa shape index (κ3) is 3.00. The van der Waals surface area contributed by atoms with Gasteiger partial charge in [0.2, 0.25) is 0 Å². The average Bonchev–Trinajstić information content (AvgIpc) is 2.38. The fraction of sp³-hybridized carbons (Fsp3) is 0.133. The number of aromatic hydroxyl groups is 3. The Bertz CT molecular complexity index is 649. The second kappa shape index (κ2) is 5.52. The molecule has 0 amide bonds. The normalized spacial score (nSPS) is 10.4. The highest BCUT2D eigenvalue weighted by Crippen LogP contribution is 2.25. The maximum absolute atomic E-state index is 11.1. The molecule has 0 aliphatic rings. The highest BCUT2D eigenvalue weighted by molar-refractivity contribution is 5.89. The molecule has 2 aromatic carbocycles. The van der Waals surface area contributed by atoms with Crippen LogP contribution in [0.5, 0.6) is 17.2 Å². The Morgan fingerprint density at radius 3 is 2.00 bits per heavy atom. The highest BCUT2D eigenvalue weighted by atomic mass is 16.4. The van der Waals surface area contributed by atoms with E-state index in [1.54, 1.807) is 12.1 Å². The molecular weight excluding hydrogens is 260 g/mol. The van der Waals surface area contributed by atoms with Gasteiger partial charge in [-0.25, -0.2) is 4.79 Å². The van der Waals surface area contributed by atoms with Gasteiger partial charge in [0.15, 0.2) is 0 Å². The lowest BCUT2D eigenvalue weighted by Gasteiger charge is -2.08. The molecule has 4 N–H and O–H groups in total. The lowest BCUT2D eigenvalue weighted by atomic mass is 9.99. The van der Waals surface area contributed by atoms with Crippen LogP contribution in [0.25, 0.3) is 0 Å².